The second-order valence-electron chi connectivity index (χ2n) is 5.13. The number of likely N-dealkylation sites (tertiary alicyclic amines) is 1. The fraction of sp³-hybridized carbons (Fsp3) is 1.00. The first-order chi connectivity index (χ1) is 7.86. The van der Waals surface area contributed by atoms with Crippen molar-refractivity contribution in [2.24, 2.45) is 5.92 Å². The molecule has 16 heavy (non-hydrogen) atoms. The predicted molar refractivity (Wildman–Crippen MR) is 71.8 cm³/mol. The molecule has 0 aliphatic carbocycles. The lowest BCUT2D eigenvalue weighted by molar-refractivity contribution is 0.313. The van der Waals surface area contributed by atoms with Crippen LogP contribution >= 0.6 is 0 Å². The summed E-state index contributed by atoms with van der Waals surface area (Å²) in [5.74, 6) is 0.994. The van der Waals surface area contributed by atoms with Crippen LogP contribution in [-0.2, 0) is 0 Å². The van der Waals surface area contributed by atoms with Crippen molar-refractivity contribution in [3.05, 3.63) is 0 Å². The average Bonchev–Trinajstić information content (AvgIpc) is 2.76. The molecule has 0 saturated carbocycles. The Hall–Kier alpha value is -0.0800. The number of nitrogens with one attached hydrogen (secondary N) is 1. The average molecular weight is 226 g/mol. The molecule has 0 aromatic carbocycles. The molecule has 0 amide bonds. The van der Waals surface area contributed by atoms with Crippen LogP contribution in [0.15, 0.2) is 0 Å². The molecule has 1 heterocycles. The summed E-state index contributed by atoms with van der Waals surface area (Å²) in [7, 11) is 0. The summed E-state index contributed by atoms with van der Waals surface area (Å²) in [5, 5.41) is 3.38. The van der Waals surface area contributed by atoms with Crippen LogP contribution in [0.2, 0.25) is 0 Å². The molecule has 0 spiro atoms. The van der Waals surface area contributed by atoms with E-state index in [0.717, 1.165) is 12.5 Å². The Morgan fingerprint density at radius 3 is 2.62 bits per heavy atom. The van der Waals surface area contributed by atoms with Crippen LogP contribution < -0.4 is 5.32 Å². The van der Waals surface area contributed by atoms with Gasteiger partial charge >= 0.3 is 0 Å². The molecule has 2 heteroatoms. The Morgan fingerprint density at radius 2 is 1.94 bits per heavy atom. The first-order valence-electron chi connectivity index (χ1n) is 7.29. The maximum absolute atomic E-state index is 3.38. The second kappa shape index (κ2) is 9.00. The lowest BCUT2D eigenvalue weighted by Crippen LogP contribution is -2.21. The normalized spacial score (nSPS) is 21.8. The van der Waals surface area contributed by atoms with E-state index in [9.17, 15) is 0 Å². The van der Waals surface area contributed by atoms with E-state index in [1.54, 1.807) is 0 Å². The largest absolute Gasteiger partial charge is 0.317 e. The number of hydrogen-bond acceptors (Lipinski definition) is 2. The molecule has 1 aliphatic rings. The number of unbranched alkanes of at least 4 members (excludes halogenated alkanes) is 3. The molecule has 96 valence electrons. The molecule has 1 aliphatic heterocycles. The zero-order chi connectivity index (χ0) is 11.6. The van der Waals surface area contributed by atoms with Gasteiger partial charge in [-0.3, -0.25) is 0 Å². The first-order valence-corrected chi connectivity index (χ1v) is 7.29. The lowest BCUT2D eigenvalue weighted by atomic mass is 10.1. The quantitative estimate of drug-likeness (QED) is 0.608. The van der Waals surface area contributed by atoms with Crippen molar-refractivity contribution < 1.29 is 0 Å². The summed E-state index contributed by atoms with van der Waals surface area (Å²) in [4.78, 5) is 2.67. The maximum Gasteiger partial charge on any atom is 0.00100 e. The highest BCUT2D eigenvalue weighted by atomic mass is 15.1. The molecule has 1 atom stereocenters. The Morgan fingerprint density at radius 1 is 1.12 bits per heavy atom. The van der Waals surface area contributed by atoms with Gasteiger partial charge in [0.15, 0.2) is 0 Å². The van der Waals surface area contributed by atoms with Gasteiger partial charge in [0.2, 0.25) is 0 Å². The van der Waals surface area contributed by atoms with E-state index in [-0.39, 0.29) is 0 Å². The maximum atomic E-state index is 3.38. The summed E-state index contributed by atoms with van der Waals surface area (Å²) in [6.07, 6.45) is 8.39. The van der Waals surface area contributed by atoms with Gasteiger partial charge in [-0.2, -0.15) is 0 Å². The van der Waals surface area contributed by atoms with Gasteiger partial charge in [0.1, 0.15) is 0 Å². The molecular weight excluding hydrogens is 196 g/mol. The third kappa shape index (κ3) is 5.86. The smallest absolute Gasteiger partial charge is 0.00100 e. The monoisotopic (exact) mass is 226 g/mol. The van der Waals surface area contributed by atoms with Gasteiger partial charge in [0.05, 0.1) is 0 Å². The Labute approximate surface area is 102 Å². The third-order valence-electron chi connectivity index (χ3n) is 3.78. The zero-order valence-electron chi connectivity index (χ0n) is 11.3. The highest BCUT2D eigenvalue weighted by molar-refractivity contribution is 4.74. The Balaban J connectivity index is 1.84. The summed E-state index contributed by atoms with van der Waals surface area (Å²) >= 11 is 0. The highest BCUT2D eigenvalue weighted by Gasteiger charge is 2.19. The van der Waals surface area contributed by atoms with Crippen LogP contribution in [0.25, 0.3) is 0 Å². The molecule has 0 radical (unpaired) electrons. The van der Waals surface area contributed by atoms with Gasteiger partial charge in [-0.25, -0.2) is 0 Å². The molecule has 1 fully saturated rings. The molecule has 1 unspecified atom stereocenters. The highest BCUT2D eigenvalue weighted by Crippen LogP contribution is 2.19. The van der Waals surface area contributed by atoms with E-state index < -0.39 is 0 Å². The molecule has 0 bridgehead atoms. The van der Waals surface area contributed by atoms with Crippen molar-refractivity contribution >= 4 is 0 Å². The topological polar surface area (TPSA) is 15.3 Å². The van der Waals surface area contributed by atoms with Crippen molar-refractivity contribution in [3.63, 3.8) is 0 Å². The van der Waals surface area contributed by atoms with Crippen molar-refractivity contribution in [2.45, 2.75) is 52.4 Å². The van der Waals surface area contributed by atoms with E-state index in [0.29, 0.717) is 0 Å². The van der Waals surface area contributed by atoms with Crippen molar-refractivity contribution in [2.75, 3.05) is 32.7 Å². The first kappa shape index (κ1) is 14.0. The van der Waals surface area contributed by atoms with E-state index in [4.69, 9.17) is 0 Å². The van der Waals surface area contributed by atoms with Gasteiger partial charge in [-0.15, -0.1) is 0 Å². The van der Waals surface area contributed by atoms with Gasteiger partial charge in [0.25, 0.3) is 0 Å². The van der Waals surface area contributed by atoms with Crippen LogP contribution in [0.4, 0.5) is 0 Å². The van der Waals surface area contributed by atoms with E-state index in [1.807, 2.05) is 0 Å². The molecular formula is C14H30N2. The zero-order valence-corrected chi connectivity index (χ0v) is 11.3. The number of nitrogens with zero attached hydrogens (tertiary/aromatic N) is 1. The molecule has 1 saturated heterocycles. The summed E-state index contributed by atoms with van der Waals surface area (Å²) in [5.41, 5.74) is 0. The minimum Gasteiger partial charge on any atom is -0.317 e. The number of hydrogen-bond donors (Lipinski definition) is 1. The molecule has 0 aromatic rings. The van der Waals surface area contributed by atoms with Crippen LogP contribution in [0.5, 0.6) is 0 Å². The SMILES string of the molecule is CCNCCCCCCN1CCC(CC)C1. The van der Waals surface area contributed by atoms with Gasteiger partial charge in [-0.1, -0.05) is 33.1 Å². The summed E-state index contributed by atoms with van der Waals surface area (Å²) < 4.78 is 0. The molecule has 1 N–H and O–H groups in total. The van der Waals surface area contributed by atoms with E-state index in [2.05, 4.69) is 24.1 Å². The third-order valence-corrected chi connectivity index (χ3v) is 3.78. The molecule has 0 aromatic heterocycles. The van der Waals surface area contributed by atoms with Crippen molar-refractivity contribution in [3.8, 4) is 0 Å². The summed E-state index contributed by atoms with van der Waals surface area (Å²) in [6.45, 7) is 10.9. The molecule has 2 nitrogen and oxygen atoms in total. The predicted octanol–water partition coefficient (Wildman–Crippen LogP) is 2.89. The summed E-state index contributed by atoms with van der Waals surface area (Å²) in [6, 6.07) is 0. The second-order valence-corrected chi connectivity index (χ2v) is 5.13. The Kier molecular flexibility index (Phi) is 7.87. The van der Waals surface area contributed by atoms with Crippen LogP contribution in [0, 0.1) is 5.92 Å². The van der Waals surface area contributed by atoms with E-state index >= 15 is 0 Å². The standard InChI is InChI=1S/C14H30N2/c1-3-14-9-12-16(13-14)11-8-6-5-7-10-15-4-2/h14-15H,3-13H2,1-2H3. The van der Waals surface area contributed by atoms with Crippen LogP contribution in [0.1, 0.15) is 52.4 Å². The van der Waals surface area contributed by atoms with Crippen molar-refractivity contribution in [1.82, 2.24) is 10.2 Å². The van der Waals surface area contributed by atoms with Gasteiger partial charge in [0, 0.05) is 6.54 Å². The molecule has 1 rings (SSSR count). The van der Waals surface area contributed by atoms with Crippen molar-refractivity contribution in [1.29, 1.82) is 0 Å². The fourth-order valence-electron chi connectivity index (χ4n) is 2.56. The number of rotatable bonds is 9. The van der Waals surface area contributed by atoms with Crippen LogP contribution in [-0.4, -0.2) is 37.6 Å². The fourth-order valence-corrected chi connectivity index (χ4v) is 2.56. The van der Waals surface area contributed by atoms with Crippen LogP contribution in [0.3, 0.4) is 0 Å². The lowest BCUT2D eigenvalue weighted by Gasteiger charge is -2.15. The van der Waals surface area contributed by atoms with Gasteiger partial charge < -0.3 is 10.2 Å². The van der Waals surface area contributed by atoms with E-state index in [1.165, 1.54) is 64.7 Å². The minimum absolute atomic E-state index is 0.994. The Bertz CT molecular complexity index is 159. The minimum atomic E-state index is 0.994. The van der Waals surface area contributed by atoms with Gasteiger partial charge in [-0.05, 0) is 51.4 Å².